The van der Waals surface area contributed by atoms with Gasteiger partial charge in [0.2, 0.25) is 5.91 Å². The number of hydrogen-bond donors (Lipinski definition) is 1. The van der Waals surface area contributed by atoms with Crippen molar-refractivity contribution in [1.29, 1.82) is 0 Å². The van der Waals surface area contributed by atoms with Crippen molar-refractivity contribution in [1.82, 2.24) is 24.7 Å². The molecule has 4 heterocycles. The molecule has 2 aliphatic heterocycles. The molecule has 0 atom stereocenters. The summed E-state index contributed by atoms with van der Waals surface area (Å²) in [7, 11) is 2.18. The van der Waals surface area contributed by atoms with Crippen molar-refractivity contribution in [3.63, 3.8) is 0 Å². The van der Waals surface area contributed by atoms with Crippen molar-refractivity contribution in [2.24, 2.45) is 0 Å². The Balaban J connectivity index is 0.00000323. The predicted molar refractivity (Wildman–Crippen MR) is 163 cm³/mol. The molecule has 0 saturated carbocycles. The standard InChI is InChI=1S/C30H33ClN6O2.ClH/c1-34-12-9-23(10-13-34)35-14-16-36(17-15-35)28(38)20-37(27-6-2-4-21-5-3-11-32-29(21)27)30(39)22-7-8-24-25(31)19-33-26(24)18-22;/h2-8,11,18-19,23,33H,9-10,12-17,20H2,1H3;1H. The van der Waals surface area contributed by atoms with Crippen molar-refractivity contribution >= 4 is 63.3 Å². The van der Waals surface area contributed by atoms with Gasteiger partial charge in [-0.25, -0.2) is 0 Å². The molecule has 8 nitrogen and oxygen atoms in total. The van der Waals surface area contributed by atoms with Crippen LogP contribution in [0.1, 0.15) is 23.2 Å². The lowest BCUT2D eigenvalue weighted by molar-refractivity contribution is -0.131. The van der Waals surface area contributed by atoms with Gasteiger partial charge in [-0.3, -0.25) is 24.4 Å². The van der Waals surface area contributed by atoms with Crippen LogP contribution in [-0.4, -0.2) is 95.4 Å². The minimum Gasteiger partial charge on any atom is -0.360 e. The third-order valence-corrected chi connectivity index (χ3v) is 8.50. The van der Waals surface area contributed by atoms with E-state index < -0.39 is 0 Å². The highest BCUT2D eigenvalue weighted by molar-refractivity contribution is 6.35. The Morgan fingerprint density at radius 1 is 1.02 bits per heavy atom. The number of halogens is 2. The molecule has 0 bridgehead atoms. The van der Waals surface area contributed by atoms with E-state index in [1.165, 1.54) is 12.8 Å². The molecule has 2 aromatic carbocycles. The molecule has 2 aliphatic rings. The summed E-state index contributed by atoms with van der Waals surface area (Å²) in [6.45, 7) is 5.29. The number of carbonyl (C=O) groups excluding carboxylic acids is 2. The minimum absolute atomic E-state index is 0. The van der Waals surface area contributed by atoms with Crippen LogP contribution in [0.2, 0.25) is 5.02 Å². The Labute approximate surface area is 245 Å². The van der Waals surface area contributed by atoms with E-state index in [1.807, 2.05) is 41.3 Å². The topological polar surface area (TPSA) is 75.8 Å². The summed E-state index contributed by atoms with van der Waals surface area (Å²) in [5.74, 6) is -0.303. The number of piperidine rings is 1. The van der Waals surface area contributed by atoms with Gasteiger partial charge in [0.05, 0.1) is 16.2 Å². The first kappa shape index (κ1) is 28.4. The van der Waals surface area contributed by atoms with Gasteiger partial charge in [0.1, 0.15) is 6.54 Å². The largest absolute Gasteiger partial charge is 0.360 e. The summed E-state index contributed by atoms with van der Waals surface area (Å²) in [5, 5.41) is 2.37. The van der Waals surface area contributed by atoms with Crippen molar-refractivity contribution in [2.75, 3.05) is 57.8 Å². The summed E-state index contributed by atoms with van der Waals surface area (Å²) in [5.41, 5.74) is 2.57. The Morgan fingerprint density at radius 2 is 1.77 bits per heavy atom. The van der Waals surface area contributed by atoms with Crippen LogP contribution >= 0.6 is 24.0 Å². The predicted octanol–water partition coefficient (Wildman–Crippen LogP) is 4.68. The van der Waals surface area contributed by atoms with E-state index in [4.69, 9.17) is 11.6 Å². The van der Waals surface area contributed by atoms with Crippen LogP contribution in [0.3, 0.4) is 0 Å². The first-order chi connectivity index (χ1) is 19.0. The number of amides is 2. The van der Waals surface area contributed by atoms with E-state index in [-0.39, 0.29) is 30.8 Å². The number of aromatic nitrogens is 2. The van der Waals surface area contributed by atoms with E-state index in [0.717, 1.165) is 42.5 Å². The number of carbonyl (C=O) groups is 2. The third-order valence-electron chi connectivity index (χ3n) is 8.19. The molecule has 2 saturated heterocycles. The summed E-state index contributed by atoms with van der Waals surface area (Å²) in [6.07, 6.45) is 5.78. The number of likely N-dealkylation sites (tertiary alicyclic amines) is 1. The third kappa shape index (κ3) is 5.67. The highest BCUT2D eigenvalue weighted by Gasteiger charge is 2.30. The van der Waals surface area contributed by atoms with Gasteiger partial charge in [0.15, 0.2) is 0 Å². The lowest BCUT2D eigenvalue weighted by Gasteiger charge is -2.42. The molecule has 2 amide bonds. The monoisotopic (exact) mass is 580 g/mol. The zero-order valence-electron chi connectivity index (χ0n) is 22.6. The molecule has 2 aromatic heterocycles. The van der Waals surface area contributed by atoms with Crippen LogP contribution in [0, 0.1) is 0 Å². The number of pyridine rings is 1. The number of piperazine rings is 1. The average Bonchev–Trinajstić information content (AvgIpc) is 3.35. The van der Waals surface area contributed by atoms with Gasteiger partial charge in [-0.15, -0.1) is 12.4 Å². The Morgan fingerprint density at radius 3 is 2.55 bits per heavy atom. The van der Waals surface area contributed by atoms with E-state index >= 15 is 0 Å². The quantitative estimate of drug-likeness (QED) is 0.371. The highest BCUT2D eigenvalue weighted by Crippen LogP contribution is 2.29. The maximum atomic E-state index is 14.0. The SMILES string of the molecule is CN1CCC(N2CCN(C(=O)CN(C(=O)c3ccc4c(Cl)c[nH]c4c3)c3cccc4cccnc34)CC2)CC1.Cl. The van der Waals surface area contributed by atoms with Crippen molar-refractivity contribution in [3.05, 3.63) is 71.5 Å². The molecule has 1 N–H and O–H groups in total. The van der Waals surface area contributed by atoms with Gasteiger partial charge in [0.25, 0.3) is 5.91 Å². The van der Waals surface area contributed by atoms with E-state index in [2.05, 4.69) is 26.8 Å². The second-order valence-corrected chi connectivity index (χ2v) is 11.0. The lowest BCUT2D eigenvalue weighted by atomic mass is 10.0. The number of nitrogens with one attached hydrogen (secondary N) is 1. The summed E-state index contributed by atoms with van der Waals surface area (Å²) < 4.78 is 0. The first-order valence-corrected chi connectivity index (χ1v) is 14.0. The molecule has 0 unspecified atom stereocenters. The number of hydrogen-bond acceptors (Lipinski definition) is 5. The second-order valence-electron chi connectivity index (χ2n) is 10.6. The van der Waals surface area contributed by atoms with E-state index in [1.54, 1.807) is 29.4 Å². The molecule has 0 spiro atoms. The molecular formula is C30H34Cl2N6O2. The maximum Gasteiger partial charge on any atom is 0.258 e. The number of nitrogens with zero attached hydrogens (tertiary/aromatic N) is 5. The number of aromatic amines is 1. The molecular weight excluding hydrogens is 547 g/mol. The average molecular weight is 582 g/mol. The smallest absolute Gasteiger partial charge is 0.258 e. The number of fused-ring (bicyclic) bond motifs is 2. The molecule has 210 valence electrons. The fourth-order valence-corrected chi connectivity index (χ4v) is 6.10. The molecule has 40 heavy (non-hydrogen) atoms. The van der Waals surface area contributed by atoms with Gasteiger partial charge >= 0.3 is 0 Å². The highest BCUT2D eigenvalue weighted by atomic mass is 35.5. The number of rotatable bonds is 5. The molecule has 10 heteroatoms. The number of benzene rings is 2. The zero-order valence-corrected chi connectivity index (χ0v) is 24.1. The Hall–Kier alpha value is -3.17. The fraction of sp³-hybridized carbons (Fsp3) is 0.367. The van der Waals surface area contributed by atoms with Crippen molar-refractivity contribution in [3.8, 4) is 0 Å². The minimum atomic E-state index is -0.251. The van der Waals surface area contributed by atoms with E-state index in [9.17, 15) is 9.59 Å². The van der Waals surface area contributed by atoms with Crippen LogP contribution < -0.4 is 4.90 Å². The number of anilines is 1. The Kier molecular flexibility index (Phi) is 8.61. The van der Waals surface area contributed by atoms with Crippen LogP contribution in [-0.2, 0) is 4.79 Å². The van der Waals surface area contributed by atoms with Crippen LogP contribution in [0.15, 0.2) is 60.9 Å². The molecule has 6 rings (SSSR count). The van der Waals surface area contributed by atoms with Gasteiger partial charge in [-0.2, -0.15) is 0 Å². The summed E-state index contributed by atoms with van der Waals surface area (Å²) >= 11 is 6.26. The van der Waals surface area contributed by atoms with Gasteiger partial charge < -0.3 is 14.8 Å². The van der Waals surface area contributed by atoms with Crippen LogP contribution in [0.4, 0.5) is 5.69 Å². The molecule has 4 aromatic rings. The molecule has 0 aliphatic carbocycles. The van der Waals surface area contributed by atoms with Gasteiger partial charge in [0, 0.05) is 66.5 Å². The van der Waals surface area contributed by atoms with Crippen LogP contribution in [0.5, 0.6) is 0 Å². The fourth-order valence-electron chi connectivity index (χ4n) is 5.88. The van der Waals surface area contributed by atoms with E-state index in [0.29, 0.717) is 40.9 Å². The second kappa shape index (κ2) is 12.1. The number of para-hydroxylation sites is 1. The van der Waals surface area contributed by atoms with Crippen LogP contribution in [0.25, 0.3) is 21.8 Å². The van der Waals surface area contributed by atoms with Gasteiger partial charge in [-0.1, -0.05) is 35.9 Å². The lowest BCUT2D eigenvalue weighted by Crippen LogP contribution is -2.55. The molecule has 0 radical (unpaired) electrons. The summed E-state index contributed by atoms with van der Waals surface area (Å²) in [4.78, 5) is 43.7. The zero-order chi connectivity index (χ0) is 26.9. The van der Waals surface area contributed by atoms with Gasteiger partial charge in [-0.05, 0) is 57.2 Å². The summed E-state index contributed by atoms with van der Waals surface area (Å²) in [6, 6.07) is 15.6. The number of H-pyrrole nitrogens is 1. The first-order valence-electron chi connectivity index (χ1n) is 13.6. The van der Waals surface area contributed by atoms with Crippen molar-refractivity contribution in [2.45, 2.75) is 18.9 Å². The Bertz CT molecular complexity index is 1500. The normalized spacial score (nSPS) is 17.2. The maximum absolute atomic E-state index is 14.0. The van der Waals surface area contributed by atoms with Crippen molar-refractivity contribution < 1.29 is 9.59 Å². The molecule has 2 fully saturated rings.